The standard InChI is InChI=1S/C9H10O4.C8H8O3/c1-12-6-3-4-8(10)7(5-6)9(11)13-2;1-11-8(10)6-4-2-3-5-7(6)9/h3-5,10H,1-2H3;2-5,9H,1H3. The Balaban J connectivity index is 0.000000243. The molecule has 0 aliphatic carbocycles. The number of ether oxygens (including phenoxy) is 3. The van der Waals surface area contributed by atoms with Gasteiger partial charge < -0.3 is 24.4 Å². The van der Waals surface area contributed by atoms with Crippen molar-refractivity contribution < 1.29 is 34.0 Å². The first-order valence-electron chi connectivity index (χ1n) is 6.76. The topological polar surface area (TPSA) is 102 Å². The summed E-state index contributed by atoms with van der Waals surface area (Å²) in [6.07, 6.45) is 0. The van der Waals surface area contributed by atoms with Gasteiger partial charge in [-0.2, -0.15) is 0 Å². The molecule has 0 spiro atoms. The number of carbonyl (C=O) groups is 2. The summed E-state index contributed by atoms with van der Waals surface area (Å²) in [6, 6.07) is 10.6. The zero-order valence-electron chi connectivity index (χ0n) is 13.5. The normalized spacial score (nSPS) is 9.29. The van der Waals surface area contributed by atoms with Crippen molar-refractivity contribution in [3.63, 3.8) is 0 Å². The van der Waals surface area contributed by atoms with Gasteiger partial charge in [-0.25, -0.2) is 9.59 Å². The van der Waals surface area contributed by atoms with Crippen molar-refractivity contribution in [3.05, 3.63) is 53.6 Å². The van der Waals surface area contributed by atoms with Gasteiger partial charge in [0.1, 0.15) is 28.4 Å². The zero-order valence-corrected chi connectivity index (χ0v) is 13.5. The van der Waals surface area contributed by atoms with Gasteiger partial charge in [-0.3, -0.25) is 0 Å². The Morgan fingerprint density at radius 2 is 1.33 bits per heavy atom. The number of para-hydroxylation sites is 1. The summed E-state index contributed by atoms with van der Waals surface area (Å²) in [7, 11) is 4.00. The molecule has 0 radical (unpaired) electrons. The lowest BCUT2D eigenvalue weighted by Gasteiger charge is -2.04. The van der Waals surface area contributed by atoms with Gasteiger partial charge in [-0.1, -0.05) is 12.1 Å². The second-order valence-electron chi connectivity index (χ2n) is 4.38. The molecule has 0 bridgehead atoms. The van der Waals surface area contributed by atoms with E-state index >= 15 is 0 Å². The molecule has 7 heteroatoms. The third-order valence-electron chi connectivity index (χ3n) is 2.92. The number of phenols is 2. The number of rotatable bonds is 3. The van der Waals surface area contributed by atoms with Crippen LogP contribution in [0.25, 0.3) is 0 Å². The number of phenolic OH excluding ortho intramolecular Hbond substituents is 2. The molecule has 0 amide bonds. The largest absolute Gasteiger partial charge is 0.507 e. The highest BCUT2D eigenvalue weighted by Crippen LogP contribution is 2.23. The van der Waals surface area contributed by atoms with Crippen LogP contribution in [0.15, 0.2) is 42.5 Å². The van der Waals surface area contributed by atoms with E-state index in [1.165, 1.54) is 45.6 Å². The molecule has 7 nitrogen and oxygen atoms in total. The Kier molecular flexibility index (Phi) is 7.09. The van der Waals surface area contributed by atoms with Gasteiger partial charge in [0.2, 0.25) is 0 Å². The highest BCUT2D eigenvalue weighted by atomic mass is 16.5. The fourth-order valence-electron chi connectivity index (χ4n) is 1.67. The number of hydrogen-bond donors (Lipinski definition) is 2. The van der Waals surface area contributed by atoms with Gasteiger partial charge in [0, 0.05) is 0 Å². The van der Waals surface area contributed by atoms with E-state index in [-0.39, 0.29) is 22.6 Å². The third kappa shape index (κ3) is 4.91. The van der Waals surface area contributed by atoms with Crippen LogP contribution in [0.2, 0.25) is 0 Å². The molecular weight excluding hydrogens is 316 g/mol. The lowest BCUT2D eigenvalue weighted by atomic mass is 10.2. The Bertz CT molecular complexity index is 710. The van der Waals surface area contributed by atoms with Gasteiger partial charge in [-0.05, 0) is 30.3 Å². The van der Waals surface area contributed by atoms with Crippen molar-refractivity contribution in [1.82, 2.24) is 0 Å². The quantitative estimate of drug-likeness (QED) is 0.831. The summed E-state index contributed by atoms with van der Waals surface area (Å²) in [5, 5.41) is 18.4. The smallest absolute Gasteiger partial charge is 0.341 e. The predicted octanol–water partition coefficient (Wildman–Crippen LogP) is 2.37. The Labute approximate surface area is 139 Å². The van der Waals surface area contributed by atoms with Gasteiger partial charge in [0.15, 0.2) is 0 Å². The second-order valence-corrected chi connectivity index (χ2v) is 4.38. The van der Waals surface area contributed by atoms with Crippen molar-refractivity contribution in [3.8, 4) is 17.2 Å². The number of methoxy groups -OCH3 is 3. The van der Waals surface area contributed by atoms with Crippen LogP contribution in [0.4, 0.5) is 0 Å². The summed E-state index contributed by atoms with van der Waals surface area (Å²) >= 11 is 0. The van der Waals surface area contributed by atoms with Crippen molar-refractivity contribution in [2.24, 2.45) is 0 Å². The molecule has 0 atom stereocenters. The molecule has 0 heterocycles. The molecule has 0 unspecified atom stereocenters. The van der Waals surface area contributed by atoms with Crippen LogP contribution in [-0.2, 0) is 9.47 Å². The Hall–Kier alpha value is -3.22. The predicted molar refractivity (Wildman–Crippen MR) is 85.4 cm³/mol. The highest BCUT2D eigenvalue weighted by Gasteiger charge is 2.12. The van der Waals surface area contributed by atoms with Crippen molar-refractivity contribution in [2.75, 3.05) is 21.3 Å². The summed E-state index contributed by atoms with van der Waals surface area (Å²) < 4.78 is 13.8. The lowest BCUT2D eigenvalue weighted by Crippen LogP contribution is -2.01. The highest BCUT2D eigenvalue weighted by molar-refractivity contribution is 5.93. The van der Waals surface area contributed by atoms with Crippen LogP contribution >= 0.6 is 0 Å². The fourth-order valence-corrected chi connectivity index (χ4v) is 1.67. The van der Waals surface area contributed by atoms with E-state index in [1.54, 1.807) is 18.2 Å². The van der Waals surface area contributed by atoms with Gasteiger partial charge in [-0.15, -0.1) is 0 Å². The minimum Gasteiger partial charge on any atom is -0.507 e. The van der Waals surface area contributed by atoms with E-state index in [1.807, 2.05) is 0 Å². The first kappa shape index (κ1) is 18.8. The average molecular weight is 334 g/mol. The molecule has 2 rings (SSSR count). The number of esters is 2. The maximum absolute atomic E-state index is 11.1. The van der Waals surface area contributed by atoms with Gasteiger partial charge >= 0.3 is 11.9 Å². The minimum atomic E-state index is -0.587. The number of carbonyl (C=O) groups excluding carboxylic acids is 2. The second kappa shape index (κ2) is 9.04. The fraction of sp³-hybridized carbons (Fsp3) is 0.176. The molecule has 2 aromatic carbocycles. The van der Waals surface area contributed by atoms with Crippen LogP contribution in [-0.4, -0.2) is 43.5 Å². The van der Waals surface area contributed by atoms with Crippen molar-refractivity contribution in [1.29, 1.82) is 0 Å². The van der Waals surface area contributed by atoms with Crippen LogP contribution in [0.3, 0.4) is 0 Å². The molecule has 24 heavy (non-hydrogen) atoms. The lowest BCUT2D eigenvalue weighted by molar-refractivity contribution is 0.0588. The van der Waals surface area contributed by atoms with E-state index in [0.717, 1.165) is 0 Å². The van der Waals surface area contributed by atoms with Crippen LogP contribution in [0, 0.1) is 0 Å². The van der Waals surface area contributed by atoms with E-state index in [4.69, 9.17) is 9.84 Å². The summed E-state index contributed by atoms with van der Waals surface area (Å²) in [5.41, 5.74) is 0.289. The van der Waals surface area contributed by atoms with Crippen molar-refractivity contribution in [2.45, 2.75) is 0 Å². The summed E-state index contributed by atoms with van der Waals surface area (Å²) in [6.45, 7) is 0. The molecule has 128 valence electrons. The Morgan fingerprint density at radius 1 is 0.792 bits per heavy atom. The molecule has 2 aromatic rings. The Morgan fingerprint density at radius 3 is 1.88 bits per heavy atom. The molecule has 0 aliphatic rings. The van der Waals surface area contributed by atoms with Crippen molar-refractivity contribution >= 4 is 11.9 Å². The first-order valence-corrected chi connectivity index (χ1v) is 6.76. The van der Waals surface area contributed by atoms with Crippen LogP contribution in [0.1, 0.15) is 20.7 Å². The molecule has 0 saturated heterocycles. The number of benzene rings is 2. The maximum atomic E-state index is 11.1. The molecule has 0 aromatic heterocycles. The third-order valence-corrected chi connectivity index (χ3v) is 2.92. The molecular formula is C17H18O7. The zero-order chi connectivity index (χ0) is 18.1. The number of hydrogen-bond acceptors (Lipinski definition) is 7. The van der Waals surface area contributed by atoms with Crippen LogP contribution < -0.4 is 4.74 Å². The number of aromatic hydroxyl groups is 2. The summed E-state index contributed by atoms with van der Waals surface area (Å²) in [5.74, 6) is -0.787. The van der Waals surface area contributed by atoms with E-state index in [2.05, 4.69) is 9.47 Å². The van der Waals surface area contributed by atoms with E-state index in [0.29, 0.717) is 5.75 Å². The monoisotopic (exact) mass is 334 g/mol. The molecule has 0 aliphatic heterocycles. The molecule has 0 saturated carbocycles. The average Bonchev–Trinajstić information content (AvgIpc) is 2.61. The minimum absolute atomic E-state index is 0.0562. The van der Waals surface area contributed by atoms with Gasteiger partial charge in [0.05, 0.1) is 21.3 Å². The van der Waals surface area contributed by atoms with Crippen LogP contribution in [0.5, 0.6) is 17.2 Å². The summed E-state index contributed by atoms with van der Waals surface area (Å²) in [4.78, 5) is 21.9. The maximum Gasteiger partial charge on any atom is 0.341 e. The first-order chi connectivity index (χ1) is 11.4. The molecule has 2 N–H and O–H groups in total. The van der Waals surface area contributed by atoms with E-state index in [9.17, 15) is 14.7 Å². The molecule has 0 fully saturated rings. The SMILES string of the molecule is COC(=O)c1cc(OC)ccc1O.COC(=O)c1ccccc1O. The van der Waals surface area contributed by atoms with E-state index < -0.39 is 11.9 Å². The van der Waals surface area contributed by atoms with Gasteiger partial charge in [0.25, 0.3) is 0 Å².